The van der Waals surface area contributed by atoms with Crippen molar-refractivity contribution >= 4 is 24.0 Å². The molecule has 0 saturated carbocycles. The van der Waals surface area contributed by atoms with Gasteiger partial charge in [-0.2, -0.15) is 0 Å². The molecule has 1 N–H and O–H groups in total. The molecule has 0 aliphatic carbocycles. The number of hydrogen-bond donors (Lipinski definition) is 1. The lowest BCUT2D eigenvalue weighted by Gasteiger charge is -2.13. The predicted octanol–water partition coefficient (Wildman–Crippen LogP) is 4.46. The highest BCUT2D eigenvalue weighted by atomic mass is 35.5. The van der Waals surface area contributed by atoms with Gasteiger partial charge in [0.05, 0.1) is 18.7 Å². The van der Waals surface area contributed by atoms with Crippen molar-refractivity contribution in [1.82, 2.24) is 5.32 Å². The first-order valence-electron chi connectivity index (χ1n) is 6.98. The Kier molecular flexibility index (Phi) is 8.10. The topological polar surface area (TPSA) is 30.5 Å². The Labute approximate surface area is 143 Å². The maximum Gasteiger partial charge on any atom is 0.179 e. The van der Waals surface area contributed by atoms with Crippen molar-refractivity contribution in [3.05, 3.63) is 58.6 Å². The van der Waals surface area contributed by atoms with E-state index in [9.17, 15) is 0 Å². The summed E-state index contributed by atoms with van der Waals surface area (Å²) >= 11 is 6.26. The number of ether oxygens (including phenoxy) is 2. The number of halogens is 2. The van der Waals surface area contributed by atoms with Crippen molar-refractivity contribution in [3.8, 4) is 11.5 Å². The molecule has 0 aromatic heterocycles. The van der Waals surface area contributed by atoms with E-state index in [1.807, 2.05) is 37.3 Å². The molecule has 0 bridgehead atoms. The average Bonchev–Trinajstić information content (AvgIpc) is 2.51. The van der Waals surface area contributed by atoms with Gasteiger partial charge in [-0.3, -0.25) is 0 Å². The minimum absolute atomic E-state index is 0. The van der Waals surface area contributed by atoms with Gasteiger partial charge < -0.3 is 14.8 Å². The van der Waals surface area contributed by atoms with Crippen LogP contribution in [0.25, 0.3) is 0 Å². The minimum atomic E-state index is 0. The van der Waals surface area contributed by atoms with Gasteiger partial charge in [0.2, 0.25) is 0 Å². The third-order valence-corrected chi connectivity index (χ3v) is 3.36. The van der Waals surface area contributed by atoms with Crippen LogP contribution in [0, 0.1) is 0 Å². The van der Waals surface area contributed by atoms with Crippen molar-refractivity contribution in [2.24, 2.45) is 0 Å². The molecule has 2 aromatic carbocycles. The van der Waals surface area contributed by atoms with Crippen LogP contribution in [0.2, 0.25) is 5.02 Å². The molecule has 0 unspecified atom stereocenters. The molecule has 0 spiro atoms. The van der Waals surface area contributed by atoms with Gasteiger partial charge in [-0.15, -0.1) is 12.4 Å². The van der Waals surface area contributed by atoms with E-state index in [0.29, 0.717) is 23.1 Å². The Morgan fingerprint density at radius 3 is 2.36 bits per heavy atom. The zero-order valence-electron chi connectivity index (χ0n) is 12.8. The van der Waals surface area contributed by atoms with Gasteiger partial charge in [0, 0.05) is 13.1 Å². The summed E-state index contributed by atoms with van der Waals surface area (Å²) in [6, 6.07) is 14.1. The fourth-order valence-electron chi connectivity index (χ4n) is 2.11. The molecular weight excluding hydrogens is 321 g/mol. The van der Waals surface area contributed by atoms with Gasteiger partial charge in [-0.25, -0.2) is 0 Å². The van der Waals surface area contributed by atoms with Gasteiger partial charge >= 0.3 is 0 Å². The lowest BCUT2D eigenvalue weighted by atomic mass is 10.2. The minimum Gasteiger partial charge on any atom is -0.493 e. The molecule has 0 aliphatic rings. The molecule has 0 fully saturated rings. The molecule has 120 valence electrons. The third-order valence-electron chi connectivity index (χ3n) is 3.08. The second kappa shape index (κ2) is 9.57. The van der Waals surface area contributed by atoms with Gasteiger partial charge in [0.1, 0.15) is 0 Å². The van der Waals surface area contributed by atoms with E-state index >= 15 is 0 Å². The lowest BCUT2D eigenvalue weighted by molar-refractivity contribution is 0.311. The first-order valence-corrected chi connectivity index (χ1v) is 7.36. The Balaban J connectivity index is 0.00000242. The highest BCUT2D eigenvalue weighted by Crippen LogP contribution is 2.36. The van der Waals surface area contributed by atoms with Crippen molar-refractivity contribution < 1.29 is 9.47 Å². The number of rotatable bonds is 7. The highest BCUT2D eigenvalue weighted by molar-refractivity contribution is 6.32. The molecule has 0 heterocycles. The van der Waals surface area contributed by atoms with E-state index in [1.165, 1.54) is 5.56 Å². The molecule has 2 aromatic rings. The van der Waals surface area contributed by atoms with Crippen LogP contribution in [-0.4, -0.2) is 13.7 Å². The van der Waals surface area contributed by atoms with Gasteiger partial charge in [-0.05, 0) is 30.2 Å². The summed E-state index contributed by atoms with van der Waals surface area (Å²) in [5.41, 5.74) is 2.32. The zero-order chi connectivity index (χ0) is 15.1. The van der Waals surface area contributed by atoms with Crippen LogP contribution in [0.5, 0.6) is 11.5 Å². The first-order chi connectivity index (χ1) is 10.2. The normalized spacial score (nSPS) is 9.95. The zero-order valence-corrected chi connectivity index (χ0v) is 14.3. The Morgan fingerprint density at radius 1 is 1.05 bits per heavy atom. The summed E-state index contributed by atoms with van der Waals surface area (Å²) in [6.45, 7) is 4.01. The second-order valence-corrected chi connectivity index (χ2v) is 5.04. The molecule has 5 heteroatoms. The summed E-state index contributed by atoms with van der Waals surface area (Å²) in [7, 11) is 1.62. The van der Waals surface area contributed by atoms with Crippen molar-refractivity contribution in [2.45, 2.75) is 20.0 Å². The number of benzene rings is 2. The molecule has 2 rings (SSSR count). The summed E-state index contributed by atoms with van der Waals surface area (Å²) in [6.07, 6.45) is 0. The highest BCUT2D eigenvalue weighted by Gasteiger charge is 2.11. The van der Waals surface area contributed by atoms with Crippen molar-refractivity contribution in [1.29, 1.82) is 0 Å². The molecule has 0 atom stereocenters. The summed E-state index contributed by atoms with van der Waals surface area (Å²) in [5, 5.41) is 3.97. The standard InChI is InChI=1S/C17H20ClNO2.ClH/c1-3-21-17-15(18)9-14(10-16(17)20-2)12-19-11-13-7-5-4-6-8-13;/h4-10,19H,3,11-12H2,1-2H3;1H. The Bertz CT molecular complexity index is 576. The molecule has 0 radical (unpaired) electrons. The predicted molar refractivity (Wildman–Crippen MR) is 93.4 cm³/mol. The summed E-state index contributed by atoms with van der Waals surface area (Å²) in [4.78, 5) is 0. The van der Waals surface area contributed by atoms with Crippen LogP contribution >= 0.6 is 24.0 Å². The quantitative estimate of drug-likeness (QED) is 0.806. The van der Waals surface area contributed by atoms with Crippen LogP contribution in [0.3, 0.4) is 0 Å². The van der Waals surface area contributed by atoms with Crippen LogP contribution in [0.1, 0.15) is 18.1 Å². The maximum atomic E-state index is 6.26. The van der Waals surface area contributed by atoms with E-state index < -0.39 is 0 Å². The Hall–Kier alpha value is -1.42. The van der Waals surface area contributed by atoms with Crippen LogP contribution in [0.15, 0.2) is 42.5 Å². The Morgan fingerprint density at radius 2 is 1.73 bits per heavy atom. The van der Waals surface area contributed by atoms with Crippen LogP contribution in [0.4, 0.5) is 0 Å². The smallest absolute Gasteiger partial charge is 0.179 e. The number of hydrogen-bond acceptors (Lipinski definition) is 3. The monoisotopic (exact) mass is 341 g/mol. The van der Waals surface area contributed by atoms with Gasteiger partial charge in [-0.1, -0.05) is 41.9 Å². The van der Waals surface area contributed by atoms with Crippen LogP contribution in [-0.2, 0) is 13.1 Å². The summed E-state index contributed by atoms with van der Waals surface area (Å²) in [5.74, 6) is 1.27. The SMILES string of the molecule is CCOc1c(Cl)cc(CNCc2ccccc2)cc1OC.Cl. The average molecular weight is 342 g/mol. The second-order valence-electron chi connectivity index (χ2n) is 4.63. The lowest BCUT2D eigenvalue weighted by Crippen LogP contribution is -2.12. The van der Waals surface area contributed by atoms with Gasteiger partial charge in [0.15, 0.2) is 11.5 Å². The number of nitrogens with one attached hydrogen (secondary N) is 1. The first kappa shape index (κ1) is 18.6. The molecule has 0 aliphatic heterocycles. The van der Waals surface area contributed by atoms with Gasteiger partial charge in [0.25, 0.3) is 0 Å². The van der Waals surface area contributed by atoms with E-state index in [0.717, 1.165) is 18.7 Å². The maximum absolute atomic E-state index is 6.26. The van der Waals surface area contributed by atoms with E-state index in [1.54, 1.807) is 7.11 Å². The van der Waals surface area contributed by atoms with Crippen LogP contribution < -0.4 is 14.8 Å². The fourth-order valence-corrected chi connectivity index (χ4v) is 2.39. The molecular formula is C17H21Cl2NO2. The summed E-state index contributed by atoms with van der Waals surface area (Å²) < 4.78 is 10.9. The van der Waals surface area contributed by atoms with E-state index in [4.69, 9.17) is 21.1 Å². The fraction of sp³-hybridized carbons (Fsp3) is 0.294. The third kappa shape index (κ3) is 5.09. The molecule has 3 nitrogen and oxygen atoms in total. The largest absolute Gasteiger partial charge is 0.493 e. The molecule has 22 heavy (non-hydrogen) atoms. The molecule has 0 amide bonds. The van der Waals surface area contributed by atoms with E-state index in [-0.39, 0.29) is 12.4 Å². The van der Waals surface area contributed by atoms with E-state index in [2.05, 4.69) is 17.4 Å². The number of methoxy groups -OCH3 is 1. The molecule has 0 saturated heterocycles. The van der Waals surface area contributed by atoms with Crippen molar-refractivity contribution in [3.63, 3.8) is 0 Å². The van der Waals surface area contributed by atoms with Crippen molar-refractivity contribution in [2.75, 3.05) is 13.7 Å².